The molecule has 0 aliphatic carbocycles. The summed E-state index contributed by atoms with van der Waals surface area (Å²) in [6, 6.07) is 2.07. The van der Waals surface area contributed by atoms with Gasteiger partial charge >= 0.3 is 0 Å². The average Bonchev–Trinajstić information content (AvgIpc) is 2.77. The molecular formula is C12H16BrN5OS. The molecule has 1 unspecified atom stereocenters. The van der Waals surface area contributed by atoms with Crippen molar-refractivity contribution >= 4 is 38.3 Å². The van der Waals surface area contributed by atoms with Crippen LogP contribution in [0.3, 0.4) is 0 Å². The van der Waals surface area contributed by atoms with E-state index in [0.717, 1.165) is 41.6 Å². The molecule has 3 heterocycles. The van der Waals surface area contributed by atoms with Gasteiger partial charge in [0.15, 0.2) is 5.82 Å². The highest BCUT2D eigenvalue weighted by Gasteiger charge is 2.26. The number of nitrogens with zero attached hydrogens (tertiary/aromatic N) is 4. The Kier molecular flexibility index (Phi) is 3.78. The second-order valence-corrected chi connectivity index (χ2v) is 7.17. The Hall–Kier alpha value is -0.990. The first-order valence-electron chi connectivity index (χ1n) is 6.44. The van der Waals surface area contributed by atoms with Gasteiger partial charge in [-0.15, -0.1) is 0 Å². The number of piperidine rings is 1. The lowest BCUT2D eigenvalue weighted by molar-refractivity contribution is 0.330. The third-order valence-corrected chi connectivity index (χ3v) is 5.50. The second kappa shape index (κ2) is 5.42. The van der Waals surface area contributed by atoms with E-state index in [-0.39, 0.29) is 0 Å². The topological polar surface area (TPSA) is 76.5 Å². The van der Waals surface area contributed by atoms with Crippen molar-refractivity contribution in [3.63, 3.8) is 0 Å². The van der Waals surface area contributed by atoms with Crippen LogP contribution in [0.1, 0.15) is 24.5 Å². The first kappa shape index (κ1) is 14.0. The number of rotatable bonds is 2. The van der Waals surface area contributed by atoms with Gasteiger partial charge in [-0.1, -0.05) is 0 Å². The van der Waals surface area contributed by atoms with Gasteiger partial charge in [0.1, 0.15) is 11.8 Å². The average molecular weight is 358 g/mol. The minimum atomic E-state index is -0.877. The van der Waals surface area contributed by atoms with E-state index in [1.54, 1.807) is 6.26 Å². The van der Waals surface area contributed by atoms with Crippen molar-refractivity contribution in [2.45, 2.75) is 18.8 Å². The van der Waals surface area contributed by atoms with E-state index in [4.69, 9.17) is 5.73 Å². The third kappa shape index (κ3) is 2.36. The zero-order chi connectivity index (χ0) is 14.3. The number of hydrogen-bond donors (Lipinski definition) is 1. The number of hydrogen-bond acceptors (Lipinski definition) is 4. The molecule has 6 nitrogen and oxygen atoms in total. The number of fused-ring (bicyclic) bond motifs is 1. The molecule has 0 bridgehead atoms. The van der Waals surface area contributed by atoms with Crippen molar-refractivity contribution in [3.8, 4) is 0 Å². The molecule has 1 saturated heterocycles. The van der Waals surface area contributed by atoms with Crippen LogP contribution in [0.4, 0.5) is 5.82 Å². The van der Waals surface area contributed by atoms with Crippen molar-refractivity contribution in [2.24, 2.45) is 0 Å². The molecule has 1 aliphatic rings. The van der Waals surface area contributed by atoms with Crippen molar-refractivity contribution in [3.05, 3.63) is 22.6 Å². The van der Waals surface area contributed by atoms with Gasteiger partial charge in [-0.3, -0.25) is 0 Å². The van der Waals surface area contributed by atoms with Crippen LogP contribution in [-0.2, 0) is 11.0 Å². The number of nitrogens with two attached hydrogens (primary N) is 1. The summed E-state index contributed by atoms with van der Waals surface area (Å²) in [7, 11) is -0.877. The van der Waals surface area contributed by atoms with Crippen LogP contribution < -0.4 is 5.73 Å². The maximum atomic E-state index is 11.5. The molecule has 1 aliphatic heterocycles. The van der Waals surface area contributed by atoms with Gasteiger partial charge < -0.3 is 5.73 Å². The zero-order valence-electron chi connectivity index (χ0n) is 11.1. The van der Waals surface area contributed by atoms with Crippen LogP contribution in [0.15, 0.2) is 16.9 Å². The van der Waals surface area contributed by atoms with Crippen molar-refractivity contribution in [2.75, 3.05) is 25.1 Å². The molecule has 108 valence electrons. The lowest BCUT2D eigenvalue weighted by Crippen LogP contribution is -2.34. The first-order chi connectivity index (χ1) is 9.58. The van der Waals surface area contributed by atoms with Crippen LogP contribution >= 0.6 is 15.9 Å². The molecule has 0 saturated carbocycles. The van der Waals surface area contributed by atoms with Gasteiger partial charge in [-0.05, 0) is 34.8 Å². The summed E-state index contributed by atoms with van der Waals surface area (Å²) in [5, 5.41) is 4.31. The Morgan fingerprint density at radius 2 is 2.15 bits per heavy atom. The summed E-state index contributed by atoms with van der Waals surface area (Å²) in [5.74, 6) is 0.883. The number of nitrogen functional groups attached to an aromatic ring is 1. The third-order valence-electron chi connectivity index (χ3n) is 3.80. The normalized spacial score (nSPS) is 19.5. The smallest absolute Gasteiger partial charge is 0.152 e. The molecule has 2 N–H and O–H groups in total. The lowest BCUT2D eigenvalue weighted by Gasteiger charge is -2.29. The summed E-state index contributed by atoms with van der Waals surface area (Å²) in [4.78, 5) is 4.03. The number of anilines is 1. The second-order valence-electron chi connectivity index (χ2n) is 4.95. The van der Waals surface area contributed by atoms with E-state index in [1.807, 2.05) is 8.82 Å². The van der Waals surface area contributed by atoms with E-state index >= 15 is 0 Å². The van der Waals surface area contributed by atoms with Gasteiger partial charge in [-0.2, -0.15) is 5.10 Å². The van der Waals surface area contributed by atoms with E-state index in [9.17, 15) is 4.21 Å². The van der Waals surface area contributed by atoms with Crippen molar-refractivity contribution in [1.82, 2.24) is 18.9 Å². The van der Waals surface area contributed by atoms with E-state index in [0.29, 0.717) is 11.7 Å². The highest BCUT2D eigenvalue weighted by Crippen LogP contribution is 2.34. The predicted molar refractivity (Wildman–Crippen MR) is 82.7 cm³/mol. The van der Waals surface area contributed by atoms with Crippen LogP contribution in [0.5, 0.6) is 0 Å². The Labute approximate surface area is 128 Å². The van der Waals surface area contributed by atoms with Gasteiger partial charge in [0.2, 0.25) is 0 Å². The van der Waals surface area contributed by atoms with Crippen LogP contribution in [0, 0.1) is 0 Å². The highest BCUT2D eigenvalue weighted by molar-refractivity contribution is 9.10. The van der Waals surface area contributed by atoms with Gasteiger partial charge in [0.25, 0.3) is 0 Å². The molecule has 0 amide bonds. The molecule has 0 aromatic carbocycles. The SMILES string of the molecule is CS(=O)N1CCC(c2cc(Br)c3c(N)ncnn23)CC1. The Morgan fingerprint density at radius 3 is 2.80 bits per heavy atom. The molecule has 1 atom stereocenters. The largest absolute Gasteiger partial charge is 0.382 e. The molecule has 1 fully saturated rings. The molecule has 2 aromatic heterocycles. The fourth-order valence-corrected chi connectivity index (χ4v) is 4.08. The quantitative estimate of drug-likeness (QED) is 0.884. The number of aromatic nitrogens is 3. The Morgan fingerprint density at radius 1 is 1.45 bits per heavy atom. The minimum absolute atomic E-state index is 0.405. The summed E-state index contributed by atoms with van der Waals surface area (Å²) < 4.78 is 16.3. The molecule has 2 aromatic rings. The summed E-state index contributed by atoms with van der Waals surface area (Å²) in [5.41, 5.74) is 7.88. The van der Waals surface area contributed by atoms with E-state index in [1.165, 1.54) is 6.33 Å². The monoisotopic (exact) mass is 357 g/mol. The Balaban J connectivity index is 1.92. The molecular weight excluding hydrogens is 342 g/mol. The van der Waals surface area contributed by atoms with Gasteiger partial charge in [0, 0.05) is 35.4 Å². The maximum Gasteiger partial charge on any atom is 0.152 e. The predicted octanol–water partition coefficient (Wildman–Crippen LogP) is 1.55. The summed E-state index contributed by atoms with van der Waals surface area (Å²) in [6.45, 7) is 1.69. The Bertz CT molecular complexity index is 665. The zero-order valence-corrected chi connectivity index (χ0v) is 13.5. The van der Waals surface area contributed by atoms with E-state index < -0.39 is 11.0 Å². The summed E-state index contributed by atoms with van der Waals surface area (Å²) >= 11 is 3.53. The standard InChI is InChI=1S/C12H16BrN5OS/c1-20(19)17-4-2-8(3-5-17)10-6-9(13)11-12(14)15-7-16-18(10)11/h6-8H,2-5H2,1H3,(H2,14,15,16). The van der Waals surface area contributed by atoms with Gasteiger partial charge in [-0.25, -0.2) is 18.0 Å². The van der Waals surface area contributed by atoms with Gasteiger partial charge in [0.05, 0.1) is 11.0 Å². The van der Waals surface area contributed by atoms with E-state index in [2.05, 4.69) is 32.1 Å². The fraction of sp³-hybridized carbons (Fsp3) is 0.500. The van der Waals surface area contributed by atoms with Crippen LogP contribution in [0.25, 0.3) is 5.52 Å². The van der Waals surface area contributed by atoms with Crippen molar-refractivity contribution in [1.29, 1.82) is 0 Å². The molecule has 0 radical (unpaired) electrons. The summed E-state index contributed by atoms with van der Waals surface area (Å²) in [6.07, 6.45) is 5.16. The molecule has 8 heteroatoms. The van der Waals surface area contributed by atoms with Crippen molar-refractivity contribution < 1.29 is 4.21 Å². The van der Waals surface area contributed by atoms with Crippen LogP contribution in [0.2, 0.25) is 0 Å². The molecule has 3 rings (SSSR count). The first-order valence-corrected chi connectivity index (χ1v) is 8.75. The number of halogens is 1. The maximum absolute atomic E-state index is 11.5. The molecule has 0 spiro atoms. The highest BCUT2D eigenvalue weighted by atomic mass is 79.9. The minimum Gasteiger partial charge on any atom is -0.382 e. The van der Waals surface area contributed by atoms with Crippen LogP contribution in [-0.4, -0.2) is 42.5 Å². The lowest BCUT2D eigenvalue weighted by atomic mass is 9.95. The molecule has 20 heavy (non-hydrogen) atoms. The fourth-order valence-electron chi connectivity index (χ4n) is 2.75.